The lowest BCUT2D eigenvalue weighted by Crippen LogP contribution is -2.18. The number of benzene rings is 1. The van der Waals surface area contributed by atoms with Gasteiger partial charge in [0.25, 0.3) is 0 Å². The van der Waals surface area contributed by atoms with Crippen molar-refractivity contribution in [1.82, 2.24) is 10.1 Å². The second-order valence-electron chi connectivity index (χ2n) is 4.49. The fourth-order valence-corrected chi connectivity index (χ4v) is 1.90. The number of rotatable bonds is 4. The van der Waals surface area contributed by atoms with Gasteiger partial charge in [-0.3, -0.25) is 0 Å². The van der Waals surface area contributed by atoms with Crippen LogP contribution in [0.4, 0.5) is 4.39 Å². The first-order valence-corrected chi connectivity index (χ1v) is 6.45. The number of hydrogen-bond acceptors (Lipinski definition) is 4. The summed E-state index contributed by atoms with van der Waals surface area (Å²) in [7, 11) is 0. The van der Waals surface area contributed by atoms with Crippen molar-refractivity contribution in [2.24, 2.45) is 11.7 Å². The molecule has 0 saturated heterocycles. The Hall–Kier alpha value is -1.46. The van der Waals surface area contributed by atoms with Gasteiger partial charge < -0.3 is 10.3 Å². The molecule has 1 aromatic heterocycles. The standard InChI is InChI=1S/C13H15ClFN3O/c1-3-7(2)11(16)13-17-12(18-19-13)9-5-4-8(15)6-10(9)14/h4-7,11H,3,16H2,1-2H3/t7?,11-/m0/s1. The Morgan fingerprint density at radius 1 is 1.47 bits per heavy atom. The second-order valence-corrected chi connectivity index (χ2v) is 4.90. The van der Waals surface area contributed by atoms with Gasteiger partial charge in [0.2, 0.25) is 11.7 Å². The Morgan fingerprint density at radius 2 is 2.21 bits per heavy atom. The van der Waals surface area contributed by atoms with Crippen LogP contribution in [0.15, 0.2) is 22.7 Å². The molecule has 0 radical (unpaired) electrons. The predicted octanol–water partition coefficient (Wildman–Crippen LogP) is 3.58. The van der Waals surface area contributed by atoms with Crippen LogP contribution in [0, 0.1) is 11.7 Å². The summed E-state index contributed by atoms with van der Waals surface area (Å²) in [5, 5.41) is 4.08. The minimum absolute atomic E-state index is 0.233. The van der Waals surface area contributed by atoms with Crippen molar-refractivity contribution < 1.29 is 8.91 Å². The van der Waals surface area contributed by atoms with Gasteiger partial charge >= 0.3 is 0 Å². The van der Waals surface area contributed by atoms with E-state index in [2.05, 4.69) is 10.1 Å². The fourth-order valence-electron chi connectivity index (χ4n) is 1.65. The van der Waals surface area contributed by atoms with Crippen LogP contribution in [-0.4, -0.2) is 10.1 Å². The lowest BCUT2D eigenvalue weighted by atomic mass is 10.0. The number of nitrogens with two attached hydrogens (primary N) is 1. The molecule has 2 aromatic rings. The minimum Gasteiger partial charge on any atom is -0.337 e. The van der Waals surface area contributed by atoms with Crippen molar-refractivity contribution in [1.29, 1.82) is 0 Å². The topological polar surface area (TPSA) is 64.9 Å². The molecule has 19 heavy (non-hydrogen) atoms. The second kappa shape index (κ2) is 5.67. The van der Waals surface area contributed by atoms with Crippen LogP contribution in [0.5, 0.6) is 0 Å². The van der Waals surface area contributed by atoms with Gasteiger partial charge in [-0.1, -0.05) is 37.0 Å². The zero-order valence-electron chi connectivity index (χ0n) is 10.7. The molecule has 0 bridgehead atoms. The third kappa shape index (κ3) is 2.93. The largest absolute Gasteiger partial charge is 0.337 e. The molecule has 2 N–H and O–H groups in total. The molecule has 6 heteroatoms. The van der Waals surface area contributed by atoms with E-state index in [-0.39, 0.29) is 17.0 Å². The van der Waals surface area contributed by atoms with Crippen molar-refractivity contribution in [3.63, 3.8) is 0 Å². The number of nitrogens with zero attached hydrogens (tertiary/aromatic N) is 2. The summed E-state index contributed by atoms with van der Waals surface area (Å²) in [4.78, 5) is 4.23. The molecule has 1 heterocycles. The van der Waals surface area contributed by atoms with Crippen LogP contribution < -0.4 is 5.73 Å². The Bertz CT molecular complexity index is 573. The average Bonchev–Trinajstić information content (AvgIpc) is 2.86. The van der Waals surface area contributed by atoms with Crippen LogP contribution in [0.25, 0.3) is 11.4 Å². The maximum absolute atomic E-state index is 13.0. The van der Waals surface area contributed by atoms with Crippen molar-refractivity contribution in [3.05, 3.63) is 34.9 Å². The molecule has 1 aromatic carbocycles. The van der Waals surface area contributed by atoms with E-state index >= 15 is 0 Å². The zero-order chi connectivity index (χ0) is 14.0. The van der Waals surface area contributed by atoms with Crippen LogP contribution in [-0.2, 0) is 0 Å². The summed E-state index contributed by atoms with van der Waals surface area (Å²) in [6.45, 7) is 4.05. The zero-order valence-corrected chi connectivity index (χ0v) is 11.5. The van der Waals surface area contributed by atoms with E-state index in [1.165, 1.54) is 18.2 Å². The minimum atomic E-state index is -0.409. The molecule has 2 atom stereocenters. The highest BCUT2D eigenvalue weighted by molar-refractivity contribution is 6.33. The molecule has 0 spiro atoms. The molecule has 0 aliphatic carbocycles. The molecule has 4 nitrogen and oxygen atoms in total. The first kappa shape index (κ1) is 14.0. The third-order valence-corrected chi connectivity index (χ3v) is 3.47. The molecule has 2 rings (SSSR count). The molecule has 0 amide bonds. The fraction of sp³-hybridized carbons (Fsp3) is 0.385. The molecular weight excluding hydrogens is 269 g/mol. The summed E-state index contributed by atoms with van der Waals surface area (Å²) < 4.78 is 18.1. The monoisotopic (exact) mass is 283 g/mol. The van der Waals surface area contributed by atoms with Gasteiger partial charge in [-0.15, -0.1) is 0 Å². The Labute approximate surface area is 115 Å². The average molecular weight is 284 g/mol. The van der Waals surface area contributed by atoms with E-state index in [0.29, 0.717) is 17.3 Å². The molecule has 1 unspecified atom stereocenters. The Morgan fingerprint density at radius 3 is 2.84 bits per heavy atom. The summed E-state index contributed by atoms with van der Waals surface area (Å²) in [6, 6.07) is 3.71. The Kier molecular flexibility index (Phi) is 4.17. The van der Waals surface area contributed by atoms with Gasteiger partial charge in [0.1, 0.15) is 5.82 Å². The molecule has 0 aliphatic rings. The van der Waals surface area contributed by atoms with Gasteiger partial charge in [0.15, 0.2) is 0 Å². The van der Waals surface area contributed by atoms with Crippen LogP contribution >= 0.6 is 11.6 Å². The Balaban J connectivity index is 2.30. The molecule has 0 aliphatic heterocycles. The summed E-state index contributed by atoms with van der Waals surface area (Å²) in [5.41, 5.74) is 6.54. The normalized spacial score (nSPS) is 14.4. The maximum atomic E-state index is 13.0. The molecular formula is C13H15ClFN3O. The van der Waals surface area contributed by atoms with Crippen molar-refractivity contribution >= 4 is 11.6 Å². The predicted molar refractivity (Wildman–Crippen MR) is 71.1 cm³/mol. The van der Waals surface area contributed by atoms with E-state index in [1.807, 2.05) is 13.8 Å². The number of hydrogen-bond donors (Lipinski definition) is 1. The van der Waals surface area contributed by atoms with Crippen molar-refractivity contribution in [3.8, 4) is 11.4 Å². The lowest BCUT2D eigenvalue weighted by Gasteiger charge is -2.12. The van der Waals surface area contributed by atoms with Crippen LogP contribution in [0.1, 0.15) is 32.2 Å². The van der Waals surface area contributed by atoms with Gasteiger partial charge in [0, 0.05) is 5.56 Å². The first-order chi connectivity index (χ1) is 9.02. The van der Waals surface area contributed by atoms with Crippen molar-refractivity contribution in [2.75, 3.05) is 0 Å². The highest BCUT2D eigenvalue weighted by Crippen LogP contribution is 2.28. The summed E-state index contributed by atoms with van der Waals surface area (Å²) in [6.07, 6.45) is 0.913. The van der Waals surface area contributed by atoms with Gasteiger partial charge in [0.05, 0.1) is 11.1 Å². The van der Waals surface area contributed by atoms with E-state index in [9.17, 15) is 4.39 Å². The van der Waals surface area contributed by atoms with E-state index in [4.69, 9.17) is 21.9 Å². The van der Waals surface area contributed by atoms with Crippen LogP contribution in [0.2, 0.25) is 5.02 Å². The quantitative estimate of drug-likeness (QED) is 0.931. The molecule has 0 fully saturated rings. The SMILES string of the molecule is CCC(C)[C@H](N)c1nc(-c2ccc(F)cc2Cl)no1. The highest BCUT2D eigenvalue weighted by Gasteiger charge is 2.21. The first-order valence-electron chi connectivity index (χ1n) is 6.07. The molecule has 0 saturated carbocycles. The van der Waals surface area contributed by atoms with Gasteiger partial charge in [-0.25, -0.2) is 4.39 Å². The summed E-state index contributed by atoms with van der Waals surface area (Å²) in [5.74, 6) is 0.509. The van der Waals surface area contributed by atoms with Crippen LogP contribution in [0.3, 0.4) is 0 Å². The highest BCUT2D eigenvalue weighted by atomic mass is 35.5. The van der Waals surface area contributed by atoms with E-state index in [1.54, 1.807) is 0 Å². The molecule has 102 valence electrons. The van der Waals surface area contributed by atoms with E-state index in [0.717, 1.165) is 6.42 Å². The summed E-state index contributed by atoms with van der Waals surface area (Å²) >= 11 is 5.95. The maximum Gasteiger partial charge on any atom is 0.244 e. The number of halogens is 2. The van der Waals surface area contributed by atoms with Gasteiger partial charge in [-0.05, 0) is 24.1 Å². The van der Waals surface area contributed by atoms with Gasteiger partial charge in [-0.2, -0.15) is 4.98 Å². The van der Waals surface area contributed by atoms with Crippen molar-refractivity contribution in [2.45, 2.75) is 26.3 Å². The number of aromatic nitrogens is 2. The third-order valence-electron chi connectivity index (χ3n) is 3.16. The lowest BCUT2D eigenvalue weighted by molar-refractivity contribution is 0.312. The van der Waals surface area contributed by atoms with E-state index < -0.39 is 5.82 Å². The smallest absolute Gasteiger partial charge is 0.244 e.